The van der Waals surface area contributed by atoms with Crippen molar-refractivity contribution in [2.24, 2.45) is 0 Å². The molecule has 0 atom stereocenters. The number of carbonyl (C=O) groups is 1. The van der Waals surface area contributed by atoms with Crippen molar-refractivity contribution in [2.45, 2.75) is 49.3 Å². The number of nitrogens with zero attached hydrogens (tertiary/aromatic N) is 4. The van der Waals surface area contributed by atoms with E-state index in [1.165, 1.54) is 70.4 Å². The molecule has 0 radical (unpaired) electrons. The lowest BCUT2D eigenvalue weighted by Crippen LogP contribution is -2.29. The molecule has 0 spiro atoms. The van der Waals surface area contributed by atoms with Gasteiger partial charge in [0.25, 0.3) is 31.2 Å². The third-order valence-corrected chi connectivity index (χ3v) is 14.1. The number of H-pyrrole nitrogens is 2. The molecule has 4 aromatic carbocycles. The number of fused-ring (bicyclic) bond motifs is 4. The third-order valence-electron chi connectivity index (χ3n) is 9.84. The van der Waals surface area contributed by atoms with E-state index in [4.69, 9.17) is 33.7 Å². The lowest BCUT2D eigenvalue weighted by molar-refractivity contribution is -0.106. The minimum Gasteiger partial charge on any atom is -0.398 e. The van der Waals surface area contributed by atoms with Crippen LogP contribution in [0.2, 0.25) is 10.0 Å². The number of nitriles is 2. The molecule has 0 aliphatic carbocycles. The number of nitrogens with two attached hydrogens (primary N) is 1. The van der Waals surface area contributed by atoms with Gasteiger partial charge in [0, 0.05) is 58.3 Å². The number of aldehydes is 1. The summed E-state index contributed by atoms with van der Waals surface area (Å²) < 4.78 is 56.6. The zero-order valence-electron chi connectivity index (χ0n) is 31.5. The number of halogens is 2. The van der Waals surface area contributed by atoms with E-state index in [0.29, 0.717) is 41.0 Å². The average Bonchev–Trinajstić information content (AvgIpc) is 3.87. The van der Waals surface area contributed by atoms with Crippen LogP contribution in [0.25, 0.3) is 21.5 Å². The highest BCUT2D eigenvalue weighted by Crippen LogP contribution is 2.40. The Balaban J connectivity index is 0.000000187. The van der Waals surface area contributed by atoms with Crippen LogP contribution in [0.3, 0.4) is 0 Å². The van der Waals surface area contributed by atoms with Crippen LogP contribution >= 0.6 is 23.2 Å². The molecule has 6 aromatic rings. The number of carbonyl (C=O) groups excluding carboxylic acids is 1. The van der Waals surface area contributed by atoms with E-state index < -0.39 is 31.2 Å². The Bertz CT molecular complexity index is 3120. The first-order valence-electron chi connectivity index (χ1n) is 18.1. The molecular weight excluding hydrogens is 838 g/mol. The second-order valence-electron chi connectivity index (χ2n) is 13.3. The Morgan fingerprint density at radius 3 is 1.66 bits per heavy atom. The van der Waals surface area contributed by atoms with E-state index in [2.05, 4.69) is 16.0 Å². The van der Waals surface area contributed by atoms with Gasteiger partial charge in [0.15, 0.2) is 0 Å². The van der Waals surface area contributed by atoms with Crippen LogP contribution in [0.4, 0.5) is 17.1 Å². The Morgan fingerprint density at radius 1 is 0.763 bits per heavy atom. The molecular formula is C41H35Cl2N7O7S2. The average molecular weight is 873 g/mol. The first kappa shape index (κ1) is 42.4. The monoisotopic (exact) mass is 871 g/mol. The summed E-state index contributed by atoms with van der Waals surface area (Å²) in [4.78, 5) is 38.0. The van der Waals surface area contributed by atoms with Crippen LogP contribution < -0.4 is 25.5 Å². The number of pyridine rings is 2. The zero-order valence-corrected chi connectivity index (χ0v) is 34.7. The molecule has 4 N–H and O–H groups in total. The van der Waals surface area contributed by atoms with Gasteiger partial charge in [0.1, 0.15) is 6.29 Å². The molecule has 2 aromatic heterocycles. The lowest BCUT2D eigenvalue weighted by atomic mass is 9.98. The highest BCUT2D eigenvalue weighted by atomic mass is 35.5. The van der Waals surface area contributed by atoms with Crippen LogP contribution in [0.1, 0.15) is 48.1 Å². The third kappa shape index (κ3) is 7.75. The molecule has 0 unspecified atom stereocenters. The standard InChI is InChI=1S/C21H18ClN3O3S.C18H13ClN4O3S.C2H4O/c1-2-4-14-9-13(11-23)10-18-15(14)7-8-25(18)29(27,28)19-6-3-5-16-20(19)17(22)12-24-21(16)26;19-13-9-22-18(24)12-2-1-3-16(17(12)13)27(25,26)23-5-4-11-14(21)6-10(8-20)7-15(11)23;1-2-3/h3,5-6,9-10,12H,2,4,7-8H2,1H3,(H,24,26);1-3,6-7,9H,4-5,21H2,(H,22,24);2H,1H3. The molecule has 2 aliphatic rings. The molecule has 0 saturated heterocycles. The first-order valence-corrected chi connectivity index (χ1v) is 21.7. The second-order valence-corrected chi connectivity index (χ2v) is 17.8. The van der Waals surface area contributed by atoms with Gasteiger partial charge >= 0.3 is 0 Å². The molecule has 0 saturated carbocycles. The summed E-state index contributed by atoms with van der Waals surface area (Å²) in [5, 5.41) is 19.7. The van der Waals surface area contributed by atoms with Crippen molar-refractivity contribution in [1.82, 2.24) is 9.97 Å². The molecule has 59 heavy (non-hydrogen) atoms. The van der Waals surface area contributed by atoms with Gasteiger partial charge in [-0.05, 0) is 85.8 Å². The summed E-state index contributed by atoms with van der Waals surface area (Å²) in [6, 6.07) is 19.6. The van der Waals surface area contributed by atoms with Gasteiger partial charge < -0.3 is 20.5 Å². The van der Waals surface area contributed by atoms with E-state index in [0.717, 1.165) is 30.3 Å². The van der Waals surface area contributed by atoms with Crippen molar-refractivity contribution in [3.8, 4) is 12.1 Å². The van der Waals surface area contributed by atoms with Crippen LogP contribution in [0, 0.1) is 22.7 Å². The summed E-state index contributed by atoms with van der Waals surface area (Å²) in [7, 11) is -8.02. The summed E-state index contributed by atoms with van der Waals surface area (Å²) in [5.41, 5.74) is 9.81. The minimum absolute atomic E-state index is 0.0154. The summed E-state index contributed by atoms with van der Waals surface area (Å²) >= 11 is 12.5. The van der Waals surface area contributed by atoms with Crippen molar-refractivity contribution in [3.05, 3.63) is 132 Å². The molecule has 4 heterocycles. The van der Waals surface area contributed by atoms with Gasteiger partial charge in [-0.3, -0.25) is 18.2 Å². The Labute approximate surface area is 349 Å². The normalized spacial score (nSPS) is 13.1. The highest BCUT2D eigenvalue weighted by Gasteiger charge is 2.36. The van der Waals surface area contributed by atoms with E-state index in [1.54, 1.807) is 12.1 Å². The van der Waals surface area contributed by atoms with Crippen LogP contribution in [-0.2, 0) is 44.1 Å². The maximum absolute atomic E-state index is 13.6. The quantitative estimate of drug-likeness (QED) is 0.124. The largest absolute Gasteiger partial charge is 0.398 e. The molecule has 0 amide bonds. The molecule has 2 aliphatic heterocycles. The molecule has 0 bridgehead atoms. The number of aromatic nitrogens is 2. The van der Waals surface area contributed by atoms with Gasteiger partial charge in [-0.1, -0.05) is 48.7 Å². The summed E-state index contributed by atoms with van der Waals surface area (Å²) in [6.07, 6.45) is 6.02. The molecule has 0 fully saturated rings. The Morgan fingerprint density at radius 2 is 1.20 bits per heavy atom. The van der Waals surface area contributed by atoms with Crippen molar-refractivity contribution >= 4 is 88.1 Å². The smallest absolute Gasteiger partial charge is 0.265 e. The van der Waals surface area contributed by atoms with E-state index >= 15 is 0 Å². The number of nitrogen functional groups attached to an aromatic ring is 1. The predicted octanol–water partition coefficient (Wildman–Crippen LogP) is 6.35. The topological polar surface area (TPSA) is 231 Å². The number of benzene rings is 4. The second kappa shape index (κ2) is 17.0. The van der Waals surface area contributed by atoms with Gasteiger partial charge in [-0.2, -0.15) is 10.5 Å². The van der Waals surface area contributed by atoms with Crippen LogP contribution in [0.5, 0.6) is 0 Å². The number of hydrogen-bond acceptors (Lipinski definition) is 10. The Hall–Kier alpha value is -6.17. The van der Waals surface area contributed by atoms with Gasteiger partial charge in [0.05, 0.1) is 54.5 Å². The Kier molecular flexibility index (Phi) is 12.2. The predicted molar refractivity (Wildman–Crippen MR) is 228 cm³/mol. The van der Waals surface area contributed by atoms with Gasteiger partial charge in [-0.25, -0.2) is 16.8 Å². The fraction of sp³-hybridized carbons (Fsp3) is 0.195. The zero-order chi connectivity index (χ0) is 42.8. The van der Waals surface area contributed by atoms with Crippen molar-refractivity contribution < 1.29 is 21.6 Å². The number of aromatic amines is 2. The maximum Gasteiger partial charge on any atom is 0.265 e. The lowest BCUT2D eigenvalue weighted by Gasteiger charge is -2.21. The first-order chi connectivity index (χ1) is 28.1. The molecule has 302 valence electrons. The number of anilines is 3. The van der Waals surface area contributed by atoms with Crippen molar-refractivity contribution in [3.63, 3.8) is 0 Å². The fourth-order valence-electron chi connectivity index (χ4n) is 7.35. The van der Waals surface area contributed by atoms with Crippen LogP contribution in [-0.4, -0.2) is 46.2 Å². The number of sulfonamides is 2. The summed E-state index contributed by atoms with van der Waals surface area (Å²) in [5.74, 6) is 0. The number of rotatable bonds is 6. The van der Waals surface area contributed by atoms with E-state index in [1.807, 2.05) is 19.1 Å². The van der Waals surface area contributed by atoms with Gasteiger partial charge in [-0.15, -0.1) is 0 Å². The number of nitrogens with one attached hydrogen (secondary N) is 2. The molecule has 18 heteroatoms. The van der Waals surface area contributed by atoms with E-state index in [9.17, 15) is 36.9 Å². The van der Waals surface area contributed by atoms with Gasteiger partial charge in [0.2, 0.25) is 0 Å². The van der Waals surface area contributed by atoms with Crippen molar-refractivity contribution in [2.75, 3.05) is 27.4 Å². The number of aryl methyl sites for hydroxylation is 1. The molecule has 14 nitrogen and oxygen atoms in total. The number of hydrogen-bond donors (Lipinski definition) is 3. The van der Waals surface area contributed by atoms with E-state index in [-0.39, 0.29) is 60.0 Å². The fourth-order valence-corrected chi connectivity index (χ4v) is 11.4. The molecule has 8 rings (SSSR count). The SMILES string of the molecule is CC=O.CCCc1cc(C#N)cc2c1CCN2S(=O)(=O)c1cccc2c(=O)[nH]cc(Cl)c12.N#Cc1cc(N)c2c(c1)N(S(=O)(=O)c1cccc3c(=O)[nH]cc(Cl)c13)CC2. The summed E-state index contributed by atoms with van der Waals surface area (Å²) in [6.45, 7) is 3.96. The van der Waals surface area contributed by atoms with Crippen molar-refractivity contribution in [1.29, 1.82) is 10.5 Å². The highest BCUT2D eigenvalue weighted by molar-refractivity contribution is 7.93. The minimum atomic E-state index is -4.03. The maximum atomic E-state index is 13.6. The van der Waals surface area contributed by atoms with Crippen LogP contribution in [0.15, 0.2) is 92.4 Å².